The summed E-state index contributed by atoms with van der Waals surface area (Å²) in [7, 11) is -1.15. The molecule has 0 aliphatic rings. The van der Waals surface area contributed by atoms with E-state index in [1.165, 1.54) is 38.4 Å². The lowest BCUT2D eigenvalue weighted by Gasteiger charge is -2.23. The fraction of sp³-hybridized carbons (Fsp3) is 0.316. The molecule has 2 aromatic carbocycles. The molecule has 1 amide bonds. The van der Waals surface area contributed by atoms with Gasteiger partial charge in [0, 0.05) is 24.8 Å². The number of benzene rings is 2. The molecule has 2 rings (SSSR count). The second-order valence-electron chi connectivity index (χ2n) is 5.96. The molecule has 0 atom stereocenters. The molecule has 0 fully saturated rings. The van der Waals surface area contributed by atoms with Crippen molar-refractivity contribution in [2.24, 2.45) is 0 Å². The molecule has 0 N–H and O–H groups in total. The molecule has 0 unspecified atom stereocenters. The van der Waals surface area contributed by atoms with E-state index >= 15 is 0 Å². The third-order valence-corrected chi connectivity index (χ3v) is 5.89. The molecule has 0 aliphatic heterocycles. The topological polar surface area (TPSA) is 66.9 Å². The normalized spacial score (nSPS) is 11.6. The van der Waals surface area contributed by atoms with Crippen molar-refractivity contribution in [1.82, 2.24) is 4.47 Å². The standard InChI is InChI=1S/C19H24N2O4S/c1-6-21(18-12-7-14(2)13-15(18)3)19(22)16-8-10-17(11-9-16)26(23,24)20(4)25-5/h7-13H,6H2,1-5H3. The number of rotatable bonds is 6. The maximum absolute atomic E-state index is 12.9. The van der Waals surface area contributed by atoms with Crippen LogP contribution in [0.2, 0.25) is 0 Å². The summed E-state index contributed by atoms with van der Waals surface area (Å²) in [6, 6.07) is 11.8. The van der Waals surface area contributed by atoms with Gasteiger partial charge < -0.3 is 4.90 Å². The molecule has 2 aromatic rings. The highest BCUT2D eigenvalue weighted by Crippen LogP contribution is 2.24. The molecular formula is C19H24N2O4S. The average molecular weight is 376 g/mol. The highest BCUT2D eigenvalue weighted by atomic mass is 32.2. The second-order valence-corrected chi connectivity index (χ2v) is 7.90. The van der Waals surface area contributed by atoms with Gasteiger partial charge in [-0.15, -0.1) is 0 Å². The lowest BCUT2D eigenvalue weighted by atomic mass is 10.1. The van der Waals surface area contributed by atoms with Gasteiger partial charge in [0.25, 0.3) is 15.9 Å². The third kappa shape index (κ3) is 3.95. The van der Waals surface area contributed by atoms with Crippen molar-refractivity contribution in [3.63, 3.8) is 0 Å². The Morgan fingerprint density at radius 1 is 1.08 bits per heavy atom. The summed E-state index contributed by atoms with van der Waals surface area (Å²) in [6.07, 6.45) is 0. The summed E-state index contributed by atoms with van der Waals surface area (Å²) >= 11 is 0. The van der Waals surface area contributed by atoms with Crippen LogP contribution in [0.1, 0.15) is 28.4 Å². The van der Waals surface area contributed by atoms with Crippen molar-refractivity contribution in [2.75, 3.05) is 25.6 Å². The van der Waals surface area contributed by atoms with E-state index in [2.05, 4.69) is 0 Å². The maximum atomic E-state index is 12.9. The largest absolute Gasteiger partial charge is 0.308 e. The van der Waals surface area contributed by atoms with Crippen LogP contribution in [0, 0.1) is 13.8 Å². The van der Waals surface area contributed by atoms with Crippen LogP contribution in [0.5, 0.6) is 0 Å². The highest BCUT2D eigenvalue weighted by molar-refractivity contribution is 7.89. The summed E-state index contributed by atoms with van der Waals surface area (Å²) in [4.78, 5) is 19.4. The van der Waals surface area contributed by atoms with Crippen LogP contribution < -0.4 is 4.90 Å². The number of carbonyl (C=O) groups excluding carboxylic acids is 1. The monoisotopic (exact) mass is 376 g/mol. The van der Waals surface area contributed by atoms with Gasteiger partial charge in [-0.3, -0.25) is 9.63 Å². The van der Waals surface area contributed by atoms with Crippen molar-refractivity contribution >= 4 is 21.6 Å². The first-order valence-electron chi connectivity index (χ1n) is 8.24. The Hall–Kier alpha value is -2.22. The minimum atomic E-state index is -3.73. The molecule has 0 spiro atoms. The van der Waals surface area contributed by atoms with Crippen LogP contribution in [-0.2, 0) is 14.9 Å². The Balaban J connectivity index is 2.34. The van der Waals surface area contributed by atoms with Gasteiger partial charge in [-0.25, -0.2) is 8.42 Å². The van der Waals surface area contributed by atoms with E-state index in [0.29, 0.717) is 12.1 Å². The SMILES string of the molecule is CCN(C(=O)c1ccc(S(=O)(=O)N(C)OC)cc1)c1ccc(C)cc1C. The third-order valence-electron chi connectivity index (χ3n) is 4.20. The zero-order chi connectivity index (χ0) is 19.5. The van der Waals surface area contributed by atoms with E-state index in [0.717, 1.165) is 21.3 Å². The summed E-state index contributed by atoms with van der Waals surface area (Å²) in [5, 5.41) is 0. The van der Waals surface area contributed by atoms with Crippen LogP contribution >= 0.6 is 0 Å². The first-order valence-corrected chi connectivity index (χ1v) is 9.68. The Morgan fingerprint density at radius 3 is 2.19 bits per heavy atom. The number of hydroxylamine groups is 1. The minimum absolute atomic E-state index is 0.0629. The highest BCUT2D eigenvalue weighted by Gasteiger charge is 2.22. The Morgan fingerprint density at radius 2 is 1.69 bits per heavy atom. The molecule has 0 aromatic heterocycles. The van der Waals surface area contributed by atoms with E-state index in [-0.39, 0.29) is 10.8 Å². The first-order chi connectivity index (χ1) is 12.2. The van der Waals surface area contributed by atoms with Crippen molar-refractivity contribution in [2.45, 2.75) is 25.7 Å². The average Bonchev–Trinajstić information content (AvgIpc) is 2.63. The van der Waals surface area contributed by atoms with Gasteiger partial charge in [0.2, 0.25) is 0 Å². The second kappa shape index (κ2) is 7.99. The molecule has 0 saturated carbocycles. The van der Waals surface area contributed by atoms with Crippen LogP contribution in [0.4, 0.5) is 5.69 Å². The molecule has 6 nitrogen and oxygen atoms in total. The fourth-order valence-corrected chi connectivity index (χ4v) is 3.68. The van der Waals surface area contributed by atoms with Crippen LogP contribution in [0.15, 0.2) is 47.4 Å². The van der Waals surface area contributed by atoms with E-state index in [9.17, 15) is 13.2 Å². The molecule has 0 aliphatic carbocycles. The fourth-order valence-electron chi connectivity index (χ4n) is 2.70. The van der Waals surface area contributed by atoms with Crippen LogP contribution in [0.25, 0.3) is 0 Å². The molecule has 0 bridgehead atoms. The number of nitrogens with zero attached hydrogens (tertiary/aromatic N) is 2. The Labute approximate surface area is 155 Å². The van der Waals surface area contributed by atoms with Crippen molar-refractivity contribution in [3.05, 3.63) is 59.2 Å². The number of carbonyl (C=O) groups is 1. The number of sulfonamides is 1. The maximum Gasteiger partial charge on any atom is 0.264 e. The van der Waals surface area contributed by atoms with Crippen LogP contribution in [-0.4, -0.2) is 39.5 Å². The number of aryl methyl sites for hydroxylation is 2. The van der Waals surface area contributed by atoms with E-state index in [4.69, 9.17) is 4.84 Å². The molecular weight excluding hydrogens is 352 g/mol. The first kappa shape index (κ1) is 20.1. The Bertz CT molecular complexity index is 892. The number of anilines is 1. The van der Waals surface area contributed by atoms with Crippen LogP contribution in [0.3, 0.4) is 0 Å². The minimum Gasteiger partial charge on any atom is -0.308 e. The summed E-state index contributed by atoms with van der Waals surface area (Å²) in [5.41, 5.74) is 3.41. The zero-order valence-corrected chi connectivity index (χ0v) is 16.5. The number of hydrogen-bond donors (Lipinski definition) is 0. The molecule has 0 radical (unpaired) electrons. The quantitative estimate of drug-likeness (QED) is 0.727. The van der Waals surface area contributed by atoms with Gasteiger partial charge in [-0.1, -0.05) is 22.2 Å². The molecule has 140 valence electrons. The summed E-state index contributed by atoms with van der Waals surface area (Å²) < 4.78 is 25.3. The van der Waals surface area contributed by atoms with Gasteiger partial charge in [0.1, 0.15) is 0 Å². The zero-order valence-electron chi connectivity index (χ0n) is 15.7. The van der Waals surface area contributed by atoms with E-state index in [1.54, 1.807) is 4.90 Å². The number of hydrogen-bond acceptors (Lipinski definition) is 4. The van der Waals surface area contributed by atoms with Gasteiger partial charge in [0.15, 0.2) is 0 Å². The van der Waals surface area contributed by atoms with Gasteiger partial charge in [0.05, 0.1) is 12.0 Å². The lowest BCUT2D eigenvalue weighted by Crippen LogP contribution is -2.31. The smallest absolute Gasteiger partial charge is 0.264 e. The predicted molar refractivity (Wildman–Crippen MR) is 102 cm³/mol. The van der Waals surface area contributed by atoms with Crippen molar-refractivity contribution < 1.29 is 18.0 Å². The summed E-state index contributed by atoms with van der Waals surface area (Å²) in [6.45, 7) is 6.39. The van der Waals surface area contributed by atoms with Crippen molar-refractivity contribution in [1.29, 1.82) is 0 Å². The molecule has 7 heteroatoms. The summed E-state index contributed by atoms with van der Waals surface area (Å²) in [5.74, 6) is -0.177. The van der Waals surface area contributed by atoms with Gasteiger partial charge >= 0.3 is 0 Å². The van der Waals surface area contributed by atoms with E-state index in [1.807, 2.05) is 39.0 Å². The Kier molecular flexibility index (Phi) is 6.17. The molecule has 0 heterocycles. The van der Waals surface area contributed by atoms with E-state index < -0.39 is 10.0 Å². The van der Waals surface area contributed by atoms with Gasteiger partial charge in [-0.05, 0) is 56.7 Å². The van der Waals surface area contributed by atoms with Crippen molar-refractivity contribution in [3.8, 4) is 0 Å². The van der Waals surface area contributed by atoms with Gasteiger partial charge in [-0.2, -0.15) is 0 Å². The number of amides is 1. The molecule has 0 saturated heterocycles. The predicted octanol–water partition coefficient (Wildman–Crippen LogP) is 3.15. The lowest BCUT2D eigenvalue weighted by molar-refractivity contribution is -0.0258. The molecule has 26 heavy (non-hydrogen) atoms.